The van der Waals surface area contributed by atoms with Crippen LogP contribution in [0, 0.1) is 23.0 Å². The van der Waals surface area contributed by atoms with Crippen molar-refractivity contribution in [2.45, 2.75) is 13.0 Å². The fourth-order valence-electron chi connectivity index (χ4n) is 3.13. The standard InChI is InChI=1S/C19H19F2N3/c20-17-11-16(13-22)12-18(21)19(17)24-8-4-7-23(9-10-24)14-15-5-2-1-3-6-15/h1-3,5-6,11-12H,4,7-10,14H2. The second-order valence-corrected chi connectivity index (χ2v) is 6.00. The van der Waals surface area contributed by atoms with Crippen molar-refractivity contribution in [1.29, 1.82) is 5.26 Å². The van der Waals surface area contributed by atoms with Crippen LogP contribution in [0.15, 0.2) is 42.5 Å². The second kappa shape index (κ2) is 7.41. The van der Waals surface area contributed by atoms with Crippen LogP contribution in [0.3, 0.4) is 0 Å². The Morgan fingerprint density at radius 3 is 2.33 bits per heavy atom. The van der Waals surface area contributed by atoms with Crippen molar-refractivity contribution in [3.05, 3.63) is 65.2 Å². The number of benzene rings is 2. The number of hydrogen-bond acceptors (Lipinski definition) is 3. The van der Waals surface area contributed by atoms with Crippen LogP contribution in [0.1, 0.15) is 17.5 Å². The molecule has 0 spiro atoms. The molecule has 1 saturated heterocycles. The molecule has 3 nitrogen and oxygen atoms in total. The Labute approximate surface area is 140 Å². The van der Waals surface area contributed by atoms with E-state index in [0.717, 1.165) is 38.2 Å². The van der Waals surface area contributed by atoms with Gasteiger partial charge in [-0.05, 0) is 24.1 Å². The minimum Gasteiger partial charge on any atom is -0.365 e. The molecule has 24 heavy (non-hydrogen) atoms. The predicted molar refractivity (Wildman–Crippen MR) is 89.6 cm³/mol. The van der Waals surface area contributed by atoms with Crippen LogP contribution in [-0.2, 0) is 6.54 Å². The number of rotatable bonds is 3. The predicted octanol–water partition coefficient (Wildman–Crippen LogP) is 3.55. The van der Waals surface area contributed by atoms with Crippen molar-refractivity contribution in [3.63, 3.8) is 0 Å². The molecule has 1 aliphatic heterocycles. The van der Waals surface area contributed by atoms with Crippen molar-refractivity contribution >= 4 is 5.69 Å². The molecular formula is C19H19F2N3. The van der Waals surface area contributed by atoms with Gasteiger partial charge in [0.05, 0.1) is 11.6 Å². The Morgan fingerprint density at radius 1 is 0.958 bits per heavy atom. The van der Waals surface area contributed by atoms with Crippen LogP contribution >= 0.6 is 0 Å². The molecule has 0 bridgehead atoms. The summed E-state index contributed by atoms with van der Waals surface area (Å²) in [6.07, 6.45) is 0.839. The highest BCUT2D eigenvalue weighted by molar-refractivity contribution is 5.52. The molecule has 5 heteroatoms. The lowest BCUT2D eigenvalue weighted by Gasteiger charge is -2.24. The maximum absolute atomic E-state index is 14.2. The third-order valence-electron chi connectivity index (χ3n) is 4.30. The van der Waals surface area contributed by atoms with Gasteiger partial charge < -0.3 is 4.90 Å². The molecule has 0 N–H and O–H groups in total. The molecule has 0 unspecified atom stereocenters. The van der Waals surface area contributed by atoms with Gasteiger partial charge in [0.2, 0.25) is 0 Å². The molecule has 0 aromatic heterocycles. The fraction of sp³-hybridized carbons (Fsp3) is 0.316. The molecule has 2 aromatic rings. The first kappa shape index (κ1) is 16.4. The number of nitriles is 1. The summed E-state index contributed by atoms with van der Waals surface area (Å²) < 4.78 is 28.4. The summed E-state index contributed by atoms with van der Waals surface area (Å²) in [7, 11) is 0. The number of nitrogens with zero attached hydrogens (tertiary/aromatic N) is 3. The lowest BCUT2D eigenvalue weighted by molar-refractivity contribution is 0.285. The quantitative estimate of drug-likeness (QED) is 0.864. The first-order chi connectivity index (χ1) is 11.7. The summed E-state index contributed by atoms with van der Waals surface area (Å²) in [5.41, 5.74) is 1.23. The van der Waals surface area contributed by atoms with Gasteiger partial charge in [-0.2, -0.15) is 5.26 Å². The second-order valence-electron chi connectivity index (χ2n) is 6.00. The van der Waals surface area contributed by atoms with Crippen LogP contribution in [-0.4, -0.2) is 31.1 Å². The van der Waals surface area contributed by atoms with E-state index in [9.17, 15) is 8.78 Å². The third kappa shape index (κ3) is 3.72. The molecule has 124 valence electrons. The van der Waals surface area contributed by atoms with Gasteiger partial charge in [0, 0.05) is 32.7 Å². The lowest BCUT2D eigenvalue weighted by Crippen LogP contribution is -2.31. The Bertz CT molecular complexity index is 717. The van der Waals surface area contributed by atoms with Gasteiger partial charge in [-0.25, -0.2) is 8.78 Å². The van der Waals surface area contributed by atoms with E-state index >= 15 is 0 Å². The van der Waals surface area contributed by atoms with E-state index in [2.05, 4.69) is 17.0 Å². The molecule has 0 amide bonds. The van der Waals surface area contributed by atoms with E-state index in [4.69, 9.17) is 5.26 Å². The average Bonchev–Trinajstić information content (AvgIpc) is 2.81. The van der Waals surface area contributed by atoms with Gasteiger partial charge in [-0.1, -0.05) is 30.3 Å². The van der Waals surface area contributed by atoms with Crippen molar-refractivity contribution < 1.29 is 8.78 Å². The van der Waals surface area contributed by atoms with E-state index in [0.29, 0.717) is 13.1 Å². The van der Waals surface area contributed by atoms with Crippen LogP contribution in [0.2, 0.25) is 0 Å². The molecular weight excluding hydrogens is 308 g/mol. The van der Waals surface area contributed by atoms with E-state index in [1.807, 2.05) is 18.2 Å². The highest BCUT2D eigenvalue weighted by Crippen LogP contribution is 2.26. The summed E-state index contributed by atoms with van der Waals surface area (Å²) in [6.45, 7) is 3.64. The average molecular weight is 327 g/mol. The molecule has 3 rings (SSSR count). The zero-order valence-electron chi connectivity index (χ0n) is 13.4. The highest BCUT2D eigenvalue weighted by atomic mass is 19.1. The largest absolute Gasteiger partial charge is 0.365 e. The van der Waals surface area contributed by atoms with Gasteiger partial charge in [0.15, 0.2) is 11.6 Å². The van der Waals surface area contributed by atoms with Crippen LogP contribution < -0.4 is 4.90 Å². The van der Waals surface area contributed by atoms with Crippen LogP contribution in [0.25, 0.3) is 0 Å². The maximum atomic E-state index is 14.2. The lowest BCUT2D eigenvalue weighted by atomic mass is 10.2. The Balaban J connectivity index is 1.71. The van der Waals surface area contributed by atoms with Crippen molar-refractivity contribution in [1.82, 2.24) is 4.90 Å². The normalized spacial score (nSPS) is 15.8. The minimum absolute atomic E-state index is 0.00859. The molecule has 2 aromatic carbocycles. The number of anilines is 1. The molecule has 1 fully saturated rings. The molecule has 0 aliphatic carbocycles. The minimum atomic E-state index is -0.664. The van der Waals surface area contributed by atoms with Crippen molar-refractivity contribution in [3.8, 4) is 6.07 Å². The van der Waals surface area contributed by atoms with Gasteiger partial charge in [0.25, 0.3) is 0 Å². The van der Waals surface area contributed by atoms with E-state index in [-0.39, 0.29) is 11.3 Å². The molecule has 0 saturated carbocycles. The van der Waals surface area contributed by atoms with Crippen LogP contribution in [0.4, 0.5) is 14.5 Å². The Hall–Kier alpha value is -2.45. The molecule has 1 aliphatic rings. The Kier molecular flexibility index (Phi) is 5.07. The summed E-state index contributed by atoms with van der Waals surface area (Å²) in [4.78, 5) is 4.05. The van der Waals surface area contributed by atoms with E-state index < -0.39 is 11.6 Å². The zero-order chi connectivity index (χ0) is 16.9. The molecule has 0 radical (unpaired) electrons. The first-order valence-electron chi connectivity index (χ1n) is 8.08. The van der Waals surface area contributed by atoms with E-state index in [1.54, 1.807) is 11.0 Å². The topological polar surface area (TPSA) is 30.3 Å². The van der Waals surface area contributed by atoms with Gasteiger partial charge in [-0.3, -0.25) is 4.90 Å². The van der Waals surface area contributed by atoms with Gasteiger partial charge in [-0.15, -0.1) is 0 Å². The van der Waals surface area contributed by atoms with Crippen LogP contribution in [0.5, 0.6) is 0 Å². The monoisotopic (exact) mass is 327 g/mol. The first-order valence-corrected chi connectivity index (χ1v) is 8.08. The summed E-state index contributed by atoms with van der Waals surface area (Å²) >= 11 is 0. The number of hydrogen-bond donors (Lipinski definition) is 0. The summed E-state index contributed by atoms with van der Waals surface area (Å²) in [5, 5.41) is 8.80. The van der Waals surface area contributed by atoms with Gasteiger partial charge in [0.1, 0.15) is 5.69 Å². The maximum Gasteiger partial charge on any atom is 0.150 e. The third-order valence-corrected chi connectivity index (χ3v) is 4.30. The fourth-order valence-corrected chi connectivity index (χ4v) is 3.13. The molecule has 1 heterocycles. The highest BCUT2D eigenvalue weighted by Gasteiger charge is 2.21. The molecule has 0 atom stereocenters. The number of halogens is 2. The van der Waals surface area contributed by atoms with Crippen molar-refractivity contribution in [2.75, 3.05) is 31.1 Å². The zero-order valence-corrected chi connectivity index (χ0v) is 13.4. The van der Waals surface area contributed by atoms with E-state index in [1.165, 1.54) is 5.56 Å². The Morgan fingerprint density at radius 2 is 1.67 bits per heavy atom. The SMILES string of the molecule is N#Cc1cc(F)c(N2CCCN(Cc3ccccc3)CC2)c(F)c1. The van der Waals surface area contributed by atoms with Crippen molar-refractivity contribution in [2.24, 2.45) is 0 Å². The summed E-state index contributed by atoms with van der Waals surface area (Å²) in [5.74, 6) is -1.33. The summed E-state index contributed by atoms with van der Waals surface area (Å²) in [6, 6.07) is 14.2. The smallest absolute Gasteiger partial charge is 0.150 e. The van der Waals surface area contributed by atoms with Gasteiger partial charge >= 0.3 is 0 Å².